The van der Waals surface area contributed by atoms with Gasteiger partial charge in [0.05, 0.1) is 0 Å². The summed E-state index contributed by atoms with van der Waals surface area (Å²) < 4.78 is 0. The molecule has 1 rings (SSSR count). The summed E-state index contributed by atoms with van der Waals surface area (Å²) in [6.07, 6.45) is -0.348. The molecule has 0 aromatic heterocycles. The molecular weight excluding hydrogens is 164 g/mol. The Balaban J connectivity index is 2.79. The van der Waals surface area contributed by atoms with Crippen molar-refractivity contribution in [1.29, 1.82) is 0 Å². The zero-order valence-corrected chi connectivity index (χ0v) is 7.90. The van der Waals surface area contributed by atoms with Gasteiger partial charge in [0.15, 0.2) is 0 Å². The van der Waals surface area contributed by atoms with E-state index in [4.69, 9.17) is 5.73 Å². The van der Waals surface area contributed by atoms with Crippen LogP contribution in [0.2, 0.25) is 0 Å². The van der Waals surface area contributed by atoms with Gasteiger partial charge in [-0.1, -0.05) is 30.3 Å². The first-order valence-electron chi connectivity index (χ1n) is 4.17. The topological polar surface area (TPSA) is 46.3 Å². The van der Waals surface area contributed by atoms with Gasteiger partial charge in [0.1, 0.15) is 6.17 Å². The largest absolute Gasteiger partial charge is 0.326 e. The Kier molecular flexibility index (Phi) is 3.03. The van der Waals surface area contributed by atoms with Crippen LogP contribution in [0.5, 0.6) is 0 Å². The third-order valence-electron chi connectivity index (χ3n) is 2.06. The van der Waals surface area contributed by atoms with E-state index in [0.29, 0.717) is 0 Å². The summed E-state index contributed by atoms with van der Waals surface area (Å²) in [4.78, 5) is 12.5. The molecule has 1 amide bonds. The van der Waals surface area contributed by atoms with Crippen molar-refractivity contribution in [1.82, 2.24) is 4.90 Å². The van der Waals surface area contributed by atoms with E-state index >= 15 is 0 Å². The summed E-state index contributed by atoms with van der Waals surface area (Å²) in [7, 11) is 1.69. The van der Waals surface area contributed by atoms with Crippen LogP contribution in [-0.2, 0) is 4.79 Å². The zero-order chi connectivity index (χ0) is 9.84. The van der Waals surface area contributed by atoms with Crippen molar-refractivity contribution in [3.8, 4) is 0 Å². The van der Waals surface area contributed by atoms with E-state index in [-0.39, 0.29) is 12.1 Å². The average Bonchev–Trinajstić information content (AvgIpc) is 2.17. The van der Waals surface area contributed by atoms with E-state index in [1.165, 1.54) is 11.8 Å². The molecule has 2 N–H and O–H groups in total. The Morgan fingerprint density at radius 3 is 2.38 bits per heavy atom. The lowest BCUT2D eigenvalue weighted by Crippen LogP contribution is -2.34. The predicted molar refractivity (Wildman–Crippen MR) is 51.8 cm³/mol. The molecular formula is C10H14N2O. The number of hydrogen-bond acceptors (Lipinski definition) is 2. The van der Waals surface area contributed by atoms with Gasteiger partial charge in [-0.3, -0.25) is 4.79 Å². The number of carbonyl (C=O) groups is 1. The second kappa shape index (κ2) is 4.05. The fourth-order valence-electron chi connectivity index (χ4n) is 1.07. The van der Waals surface area contributed by atoms with Gasteiger partial charge in [-0.05, 0) is 5.56 Å². The molecule has 70 valence electrons. The molecule has 1 aromatic carbocycles. The molecule has 0 aliphatic carbocycles. The van der Waals surface area contributed by atoms with Crippen molar-refractivity contribution in [3.63, 3.8) is 0 Å². The van der Waals surface area contributed by atoms with Crippen LogP contribution in [-0.4, -0.2) is 17.9 Å². The minimum atomic E-state index is -0.348. The van der Waals surface area contributed by atoms with Crippen LogP contribution in [0, 0.1) is 0 Å². The monoisotopic (exact) mass is 178 g/mol. The molecule has 0 saturated heterocycles. The number of nitrogens with two attached hydrogens (primary N) is 1. The number of amides is 1. The van der Waals surface area contributed by atoms with E-state index in [9.17, 15) is 4.79 Å². The van der Waals surface area contributed by atoms with Crippen LogP contribution in [0.25, 0.3) is 0 Å². The summed E-state index contributed by atoms with van der Waals surface area (Å²) in [6, 6.07) is 9.55. The van der Waals surface area contributed by atoms with Crippen molar-refractivity contribution in [2.75, 3.05) is 7.05 Å². The SMILES string of the molecule is CC(=O)N(C)C(N)c1ccccc1. The lowest BCUT2D eigenvalue weighted by atomic mass is 10.1. The van der Waals surface area contributed by atoms with Gasteiger partial charge in [0.2, 0.25) is 5.91 Å². The molecule has 0 saturated carbocycles. The maximum atomic E-state index is 11.0. The third-order valence-corrected chi connectivity index (χ3v) is 2.06. The van der Waals surface area contributed by atoms with Crippen LogP contribution in [0.1, 0.15) is 18.7 Å². The number of benzene rings is 1. The standard InChI is InChI=1S/C10H14N2O/c1-8(13)12(2)10(11)9-6-4-3-5-7-9/h3-7,10H,11H2,1-2H3. The highest BCUT2D eigenvalue weighted by molar-refractivity contribution is 5.73. The highest BCUT2D eigenvalue weighted by Gasteiger charge is 2.13. The van der Waals surface area contributed by atoms with Crippen LogP contribution in [0.4, 0.5) is 0 Å². The third kappa shape index (κ3) is 2.29. The van der Waals surface area contributed by atoms with Crippen LogP contribution < -0.4 is 5.73 Å². The molecule has 0 aliphatic heterocycles. The number of carbonyl (C=O) groups excluding carboxylic acids is 1. The molecule has 0 spiro atoms. The first kappa shape index (κ1) is 9.74. The van der Waals surface area contributed by atoms with E-state index in [1.807, 2.05) is 30.3 Å². The number of nitrogens with zero attached hydrogens (tertiary/aromatic N) is 1. The van der Waals surface area contributed by atoms with Crippen molar-refractivity contribution < 1.29 is 4.79 Å². The van der Waals surface area contributed by atoms with Gasteiger partial charge in [-0.2, -0.15) is 0 Å². The quantitative estimate of drug-likeness (QED) is 0.690. The Labute approximate surface area is 78.2 Å². The maximum absolute atomic E-state index is 11.0. The Hall–Kier alpha value is -1.35. The van der Waals surface area contributed by atoms with E-state index < -0.39 is 0 Å². The van der Waals surface area contributed by atoms with Gasteiger partial charge >= 0.3 is 0 Å². The molecule has 13 heavy (non-hydrogen) atoms. The fraction of sp³-hybridized carbons (Fsp3) is 0.300. The van der Waals surface area contributed by atoms with E-state index in [2.05, 4.69) is 0 Å². The highest BCUT2D eigenvalue weighted by Crippen LogP contribution is 2.12. The first-order valence-corrected chi connectivity index (χ1v) is 4.17. The molecule has 3 nitrogen and oxygen atoms in total. The smallest absolute Gasteiger partial charge is 0.220 e. The molecule has 0 fully saturated rings. The van der Waals surface area contributed by atoms with Gasteiger partial charge in [-0.15, -0.1) is 0 Å². The van der Waals surface area contributed by atoms with Crippen LogP contribution >= 0.6 is 0 Å². The Morgan fingerprint density at radius 2 is 1.92 bits per heavy atom. The normalized spacial score (nSPS) is 12.2. The Bertz CT molecular complexity index is 284. The van der Waals surface area contributed by atoms with Gasteiger partial charge in [0, 0.05) is 14.0 Å². The summed E-state index contributed by atoms with van der Waals surface area (Å²) >= 11 is 0. The summed E-state index contributed by atoms with van der Waals surface area (Å²) in [5, 5.41) is 0. The van der Waals surface area contributed by atoms with E-state index in [0.717, 1.165) is 5.56 Å². The van der Waals surface area contributed by atoms with Gasteiger partial charge in [0.25, 0.3) is 0 Å². The van der Waals surface area contributed by atoms with Crippen LogP contribution in [0.3, 0.4) is 0 Å². The minimum Gasteiger partial charge on any atom is -0.326 e. The molecule has 0 radical (unpaired) electrons. The summed E-state index contributed by atoms with van der Waals surface area (Å²) in [5.41, 5.74) is 6.79. The fourth-order valence-corrected chi connectivity index (χ4v) is 1.07. The second-order valence-corrected chi connectivity index (χ2v) is 2.99. The number of hydrogen-bond donors (Lipinski definition) is 1. The molecule has 0 heterocycles. The molecule has 0 aliphatic rings. The highest BCUT2D eigenvalue weighted by atomic mass is 16.2. The molecule has 0 bridgehead atoms. The van der Waals surface area contributed by atoms with Crippen molar-refractivity contribution in [2.45, 2.75) is 13.1 Å². The van der Waals surface area contributed by atoms with Gasteiger partial charge < -0.3 is 10.6 Å². The summed E-state index contributed by atoms with van der Waals surface area (Å²) in [6.45, 7) is 1.50. The summed E-state index contributed by atoms with van der Waals surface area (Å²) in [5.74, 6) is -0.0312. The first-order chi connectivity index (χ1) is 6.13. The molecule has 1 aromatic rings. The average molecular weight is 178 g/mol. The zero-order valence-electron chi connectivity index (χ0n) is 7.90. The minimum absolute atomic E-state index is 0.0312. The lowest BCUT2D eigenvalue weighted by molar-refractivity contribution is -0.129. The van der Waals surface area contributed by atoms with Gasteiger partial charge in [-0.25, -0.2) is 0 Å². The Morgan fingerprint density at radius 1 is 1.38 bits per heavy atom. The maximum Gasteiger partial charge on any atom is 0.220 e. The van der Waals surface area contributed by atoms with E-state index in [1.54, 1.807) is 7.05 Å². The predicted octanol–water partition coefficient (Wildman–Crippen LogP) is 1.12. The molecule has 1 unspecified atom stereocenters. The van der Waals surface area contributed by atoms with Crippen molar-refractivity contribution in [3.05, 3.63) is 35.9 Å². The molecule has 1 atom stereocenters. The lowest BCUT2D eigenvalue weighted by Gasteiger charge is -2.23. The molecule has 3 heteroatoms. The van der Waals surface area contributed by atoms with Crippen molar-refractivity contribution >= 4 is 5.91 Å². The second-order valence-electron chi connectivity index (χ2n) is 2.99. The number of rotatable bonds is 2. The van der Waals surface area contributed by atoms with Crippen LogP contribution in [0.15, 0.2) is 30.3 Å². The van der Waals surface area contributed by atoms with Crippen molar-refractivity contribution in [2.24, 2.45) is 5.73 Å².